The lowest BCUT2D eigenvalue weighted by atomic mass is 10.2. The molecule has 0 saturated carbocycles. The molecule has 0 saturated heterocycles. The third-order valence-corrected chi connectivity index (χ3v) is 6.03. The van der Waals surface area contributed by atoms with E-state index in [2.05, 4.69) is 39.6 Å². The number of ether oxygens (including phenoxy) is 1. The lowest BCUT2D eigenvalue weighted by Gasteiger charge is -2.18. The highest BCUT2D eigenvalue weighted by Gasteiger charge is 2.24. The first-order valence-electron chi connectivity index (χ1n) is 9.86. The molecule has 8 nitrogen and oxygen atoms in total. The predicted octanol–water partition coefficient (Wildman–Crippen LogP) is 4.49. The van der Waals surface area contributed by atoms with Gasteiger partial charge in [-0.15, -0.1) is 20.4 Å². The number of anilines is 1. The van der Waals surface area contributed by atoms with Crippen molar-refractivity contribution >= 4 is 34.1 Å². The molecule has 0 radical (unpaired) electrons. The van der Waals surface area contributed by atoms with Gasteiger partial charge in [0.1, 0.15) is 16.6 Å². The van der Waals surface area contributed by atoms with Crippen LogP contribution in [0.1, 0.15) is 44.6 Å². The van der Waals surface area contributed by atoms with Gasteiger partial charge in [0.15, 0.2) is 17.1 Å². The molecule has 2 heterocycles. The van der Waals surface area contributed by atoms with Gasteiger partial charge in [0.2, 0.25) is 11.0 Å². The molecule has 0 fully saturated rings. The summed E-state index contributed by atoms with van der Waals surface area (Å²) in [6, 6.07) is 5.85. The molecule has 1 N–H and O–H groups in total. The van der Waals surface area contributed by atoms with Crippen LogP contribution in [0.15, 0.2) is 29.4 Å². The summed E-state index contributed by atoms with van der Waals surface area (Å²) < 4.78 is 21.1. The zero-order valence-electron chi connectivity index (χ0n) is 18.0. The lowest BCUT2D eigenvalue weighted by Crippen LogP contribution is -2.23. The zero-order valence-corrected chi connectivity index (χ0v) is 19.6. The fourth-order valence-corrected chi connectivity index (χ4v) is 4.22. The van der Waals surface area contributed by atoms with Crippen LogP contribution in [-0.2, 0) is 11.3 Å². The van der Waals surface area contributed by atoms with E-state index < -0.39 is 11.4 Å². The Morgan fingerprint density at radius 3 is 2.48 bits per heavy atom. The number of nitrogens with zero attached hydrogens (tertiary/aromatic N) is 5. The molecule has 0 aliphatic rings. The highest BCUT2D eigenvalue weighted by molar-refractivity contribution is 8.00. The molecular formula is C20H25FN6O2S2. The van der Waals surface area contributed by atoms with Gasteiger partial charge < -0.3 is 9.30 Å². The fourth-order valence-electron chi connectivity index (χ4n) is 2.76. The van der Waals surface area contributed by atoms with Crippen molar-refractivity contribution in [2.24, 2.45) is 5.92 Å². The van der Waals surface area contributed by atoms with Crippen molar-refractivity contribution < 1.29 is 13.9 Å². The average molecular weight is 465 g/mol. The van der Waals surface area contributed by atoms with Gasteiger partial charge in [-0.1, -0.05) is 36.9 Å². The number of rotatable bonds is 9. The molecule has 2 aromatic heterocycles. The van der Waals surface area contributed by atoms with E-state index in [1.165, 1.54) is 35.2 Å². The molecule has 0 spiro atoms. The molecule has 3 rings (SSSR count). The molecule has 11 heteroatoms. The molecular weight excluding hydrogens is 439 g/mol. The molecule has 31 heavy (non-hydrogen) atoms. The molecule has 166 valence electrons. The summed E-state index contributed by atoms with van der Waals surface area (Å²) in [6.07, 6.45) is -0.403. The number of halogens is 1. The maximum Gasteiger partial charge on any atom is 0.239 e. The minimum atomic E-state index is -0.416. The Morgan fingerprint density at radius 2 is 1.87 bits per heavy atom. The largest absolute Gasteiger partial charge is 0.483 e. The fraction of sp³-hybridized carbons (Fsp3) is 0.450. The first kappa shape index (κ1) is 23.1. The standard InChI is InChI=1S/C20H25FN6O2S2/c1-11(2)10-27-17(12(3)29-16-8-6-15(21)7-9-16)24-26-20(27)30-13(4)18(28)22-19-25-23-14(5)31-19/h6-9,11-13H,10H2,1-5H3,(H,22,25,28). The average Bonchev–Trinajstić information content (AvgIpc) is 3.29. The second-order valence-corrected chi connectivity index (χ2v) is 9.92. The predicted molar refractivity (Wildman–Crippen MR) is 119 cm³/mol. The summed E-state index contributed by atoms with van der Waals surface area (Å²) in [7, 11) is 0. The Kier molecular flexibility index (Phi) is 7.60. The number of carbonyl (C=O) groups is 1. The molecule has 3 aromatic rings. The number of aryl methyl sites for hydroxylation is 1. The Morgan fingerprint density at radius 1 is 1.16 bits per heavy atom. The monoisotopic (exact) mass is 464 g/mol. The van der Waals surface area contributed by atoms with Gasteiger partial charge in [-0.2, -0.15) is 0 Å². The van der Waals surface area contributed by atoms with Crippen molar-refractivity contribution in [1.29, 1.82) is 0 Å². The second-order valence-electron chi connectivity index (χ2n) is 7.43. The number of nitrogens with one attached hydrogen (secondary N) is 1. The minimum Gasteiger partial charge on any atom is -0.483 e. The zero-order chi connectivity index (χ0) is 22.5. The molecule has 1 amide bonds. The summed E-state index contributed by atoms with van der Waals surface area (Å²) in [5.74, 6) is 1.02. The maximum atomic E-state index is 13.2. The van der Waals surface area contributed by atoms with E-state index in [9.17, 15) is 9.18 Å². The third kappa shape index (κ3) is 6.23. The Bertz CT molecular complexity index is 1020. The van der Waals surface area contributed by atoms with Crippen molar-refractivity contribution in [2.45, 2.75) is 57.7 Å². The molecule has 0 aliphatic heterocycles. The molecule has 0 aliphatic carbocycles. The van der Waals surface area contributed by atoms with Gasteiger partial charge in [-0.05, 0) is 51.0 Å². The van der Waals surface area contributed by atoms with Gasteiger partial charge in [0.25, 0.3) is 0 Å². The van der Waals surface area contributed by atoms with Gasteiger partial charge in [-0.25, -0.2) is 4.39 Å². The van der Waals surface area contributed by atoms with E-state index in [1.54, 1.807) is 19.1 Å². The van der Waals surface area contributed by atoms with E-state index in [4.69, 9.17) is 4.74 Å². The van der Waals surface area contributed by atoms with E-state index in [0.29, 0.717) is 34.3 Å². The van der Waals surface area contributed by atoms with Crippen molar-refractivity contribution in [3.05, 3.63) is 40.9 Å². The van der Waals surface area contributed by atoms with Gasteiger partial charge in [0, 0.05) is 6.54 Å². The highest BCUT2D eigenvalue weighted by Crippen LogP contribution is 2.28. The van der Waals surface area contributed by atoms with Crippen LogP contribution in [-0.4, -0.2) is 36.1 Å². The Balaban J connectivity index is 1.74. The number of thioether (sulfide) groups is 1. The minimum absolute atomic E-state index is 0.183. The van der Waals surface area contributed by atoms with Crippen LogP contribution in [0.5, 0.6) is 5.75 Å². The van der Waals surface area contributed by atoms with Crippen molar-refractivity contribution in [1.82, 2.24) is 25.0 Å². The Hall–Kier alpha value is -2.53. The number of hydrogen-bond donors (Lipinski definition) is 1. The quantitative estimate of drug-likeness (QED) is 0.466. The number of aromatic nitrogens is 5. The maximum absolute atomic E-state index is 13.2. The summed E-state index contributed by atoms with van der Waals surface area (Å²) in [5, 5.41) is 20.7. The SMILES string of the molecule is Cc1nnc(NC(=O)C(C)Sc2nnc(C(C)Oc3ccc(F)cc3)n2CC(C)C)s1. The van der Waals surface area contributed by atoms with Crippen LogP contribution < -0.4 is 10.1 Å². The van der Waals surface area contributed by atoms with E-state index in [1.807, 2.05) is 18.4 Å². The number of carbonyl (C=O) groups excluding carboxylic acids is 1. The topological polar surface area (TPSA) is 94.8 Å². The van der Waals surface area contributed by atoms with Crippen LogP contribution in [0.2, 0.25) is 0 Å². The molecule has 1 aromatic carbocycles. The van der Waals surface area contributed by atoms with Gasteiger partial charge in [-0.3, -0.25) is 10.1 Å². The molecule has 2 atom stereocenters. The van der Waals surface area contributed by atoms with Crippen molar-refractivity contribution in [3.8, 4) is 5.75 Å². The highest BCUT2D eigenvalue weighted by atomic mass is 32.2. The number of hydrogen-bond acceptors (Lipinski definition) is 8. The van der Waals surface area contributed by atoms with Crippen LogP contribution in [0, 0.1) is 18.7 Å². The van der Waals surface area contributed by atoms with Gasteiger partial charge >= 0.3 is 0 Å². The lowest BCUT2D eigenvalue weighted by molar-refractivity contribution is -0.115. The summed E-state index contributed by atoms with van der Waals surface area (Å²) in [4.78, 5) is 12.6. The van der Waals surface area contributed by atoms with E-state index in [-0.39, 0.29) is 11.7 Å². The molecule has 0 bridgehead atoms. The van der Waals surface area contributed by atoms with Crippen molar-refractivity contribution in [3.63, 3.8) is 0 Å². The summed E-state index contributed by atoms with van der Waals surface area (Å²) >= 11 is 2.65. The molecule has 2 unspecified atom stereocenters. The van der Waals surface area contributed by atoms with E-state index >= 15 is 0 Å². The summed E-state index contributed by atoms with van der Waals surface area (Å²) in [6.45, 7) is 10.4. The van der Waals surface area contributed by atoms with Crippen LogP contribution >= 0.6 is 23.1 Å². The first-order valence-corrected chi connectivity index (χ1v) is 11.6. The number of amides is 1. The smallest absolute Gasteiger partial charge is 0.239 e. The van der Waals surface area contributed by atoms with E-state index in [0.717, 1.165) is 5.01 Å². The first-order chi connectivity index (χ1) is 14.7. The van der Waals surface area contributed by atoms with Crippen LogP contribution in [0.4, 0.5) is 9.52 Å². The third-order valence-electron chi connectivity index (χ3n) is 4.19. The van der Waals surface area contributed by atoms with Crippen molar-refractivity contribution in [2.75, 3.05) is 5.32 Å². The second kappa shape index (κ2) is 10.2. The number of benzene rings is 1. The van der Waals surface area contributed by atoms with Crippen LogP contribution in [0.3, 0.4) is 0 Å². The Labute approximate surface area is 188 Å². The summed E-state index contributed by atoms with van der Waals surface area (Å²) in [5.41, 5.74) is 0. The van der Waals surface area contributed by atoms with Gasteiger partial charge in [0.05, 0.1) is 5.25 Å². The normalized spacial score (nSPS) is 13.3. The van der Waals surface area contributed by atoms with Crippen LogP contribution in [0.25, 0.3) is 0 Å².